The topological polar surface area (TPSA) is 58.4 Å². The van der Waals surface area contributed by atoms with Crippen molar-refractivity contribution < 1.29 is 4.79 Å². The Morgan fingerprint density at radius 1 is 1.44 bits per heavy atom. The summed E-state index contributed by atoms with van der Waals surface area (Å²) < 4.78 is 0. The molecule has 0 aromatic heterocycles. The summed E-state index contributed by atoms with van der Waals surface area (Å²) in [5.74, 6) is 0.0557. The van der Waals surface area contributed by atoms with E-state index in [0.29, 0.717) is 18.3 Å². The second kappa shape index (κ2) is 5.87. The number of nitrogen functional groups attached to an aromatic ring is 1. The SMILES string of the molecule is CCC1CCCN1CC(=O)Nc1ccc(N)cc1. The zero-order valence-electron chi connectivity index (χ0n) is 10.9. The number of anilines is 2. The van der Waals surface area contributed by atoms with E-state index < -0.39 is 0 Å². The van der Waals surface area contributed by atoms with Crippen LogP contribution in [0.2, 0.25) is 0 Å². The molecule has 18 heavy (non-hydrogen) atoms. The fourth-order valence-corrected chi connectivity index (χ4v) is 2.52. The predicted octanol–water partition coefficient (Wildman–Crippen LogP) is 2.08. The summed E-state index contributed by atoms with van der Waals surface area (Å²) in [6, 6.07) is 7.81. The largest absolute Gasteiger partial charge is 0.399 e. The van der Waals surface area contributed by atoms with Crippen LogP contribution in [0.25, 0.3) is 0 Å². The maximum Gasteiger partial charge on any atom is 0.238 e. The van der Waals surface area contributed by atoms with Gasteiger partial charge in [-0.3, -0.25) is 9.69 Å². The zero-order chi connectivity index (χ0) is 13.0. The van der Waals surface area contributed by atoms with Crippen LogP contribution in [0.3, 0.4) is 0 Å². The molecule has 0 bridgehead atoms. The van der Waals surface area contributed by atoms with Crippen molar-refractivity contribution in [3.63, 3.8) is 0 Å². The Balaban J connectivity index is 1.86. The molecule has 1 fully saturated rings. The first-order chi connectivity index (χ1) is 8.69. The first kappa shape index (κ1) is 12.9. The number of carbonyl (C=O) groups excluding carboxylic acids is 1. The lowest BCUT2D eigenvalue weighted by atomic mass is 10.2. The van der Waals surface area contributed by atoms with E-state index in [1.54, 1.807) is 12.1 Å². The molecule has 0 radical (unpaired) electrons. The predicted molar refractivity (Wildman–Crippen MR) is 74.4 cm³/mol. The summed E-state index contributed by atoms with van der Waals surface area (Å²) in [6.45, 7) is 3.71. The standard InChI is InChI=1S/C14H21N3O/c1-2-13-4-3-9-17(13)10-14(18)16-12-7-5-11(15)6-8-12/h5-8,13H,2-4,9-10,15H2,1H3,(H,16,18). The van der Waals surface area contributed by atoms with Crippen molar-refractivity contribution >= 4 is 17.3 Å². The van der Waals surface area contributed by atoms with Gasteiger partial charge in [0.15, 0.2) is 0 Å². The highest BCUT2D eigenvalue weighted by molar-refractivity contribution is 5.92. The third-order valence-corrected chi connectivity index (χ3v) is 3.51. The average molecular weight is 247 g/mol. The summed E-state index contributed by atoms with van der Waals surface area (Å²) in [5.41, 5.74) is 7.12. The molecular weight excluding hydrogens is 226 g/mol. The van der Waals surface area contributed by atoms with Crippen molar-refractivity contribution in [2.24, 2.45) is 0 Å². The minimum Gasteiger partial charge on any atom is -0.399 e. The van der Waals surface area contributed by atoms with Crippen molar-refractivity contribution in [2.45, 2.75) is 32.2 Å². The fraction of sp³-hybridized carbons (Fsp3) is 0.500. The van der Waals surface area contributed by atoms with Crippen LogP contribution < -0.4 is 11.1 Å². The highest BCUT2D eigenvalue weighted by Crippen LogP contribution is 2.19. The van der Waals surface area contributed by atoms with Crippen LogP contribution in [-0.4, -0.2) is 29.9 Å². The van der Waals surface area contributed by atoms with Gasteiger partial charge in [-0.15, -0.1) is 0 Å². The molecule has 1 saturated heterocycles. The van der Waals surface area contributed by atoms with Gasteiger partial charge in [-0.2, -0.15) is 0 Å². The first-order valence-electron chi connectivity index (χ1n) is 6.58. The van der Waals surface area contributed by atoms with E-state index in [0.717, 1.165) is 18.7 Å². The highest BCUT2D eigenvalue weighted by atomic mass is 16.2. The average Bonchev–Trinajstić information content (AvgIpc) is 2.79. The Labute approximate surface area is 108 Å². The highest BCUT2D eigenvalue weighted by Gasteiger charge is 2.24. The molecule has 4 nitrogen and oxygen atoms in total. The number of hydrogen-bond donors (Lipinski definition) is 2. The van der Waals surface area contributed by atoms with Gasteiger partial charge in [0, 0.05) is 17.4 Å². The molecule has 1 aromatic carbocycles. The summed E-state index contributed by atoms with van der Waals surface area (Å²) in [6.07, 6.45) is 3.54. The summed E-state index contributed by atoms with van der Waals surface area (Å²) >= 11 is 0. The van der Waals surface area contributed by atoms with Crippen LogP contribution in [0.1, 0.15) is 26.2 Å². The molecule has 1 aromatic rings. The number of likely N-dealkylation sites (tertiary alicyclic amines) is 1. The third-order valence-electron chi connectivity index (χ3n) is 3.51. The van der Waals surface area contributed by atoms with Crippen LogP contribution >= 0.6 is 0 Å². The molecular formula is C14H21N3O. The Bertz CT molecular complexity index is 402. The summed E-state index contributed by atoms with van der Waals surface area (Å²) in [4.78, 5) is 14.2. The molecule has 2 rings (SSSR count). The van der Waals surface area contributed by atoms with Gasteiger partial charge in [0.2, 0.25) is 5.91 Å². The smallest absolute Gasteiger partial charge is 0.238 e. The Morgan fingerprint density at radius 2 is 2.17 bits per heavy atom. The lowest BCUT2D eigenvalue weighted by Crippen LogP contribution is -2.36. The van der Waals surface area contributed by atoms with Gasteiger partial charge in [-0.05, 0) is 50.1 Å². The molecule has 1 atom stereocenters. The van der Waals surface area contributed by atoms with E-state index in [4.69, 9.17) is 5.73 Å². The number of nitrogens with two attached hydrogens (primary N) is 1. The minimum absolute atomic E-state index is 0.0557. The molecule has 1 aliphatic heterocycles. The fourth-order valence-electron chi connectivity index (χ4n) is 2.52. The lowest BCUT2D eigenvalue weighted by Gasteiger charge is -2.22. The quantitative estimate of drug-likeness (QED) is 0.801. The molecule has 4 heteroatoms. The maximum atomic E-state index is 11.9. The number of carbonyl (C=O) groups is 1. The van der Waals surface area contributed by atoms with Crippen molar-refractivity contribution in [1.29, 1.82) is 0 Å². The van der Waals surface area contributed by atoms with E-state index >= 15 is 0 Å². The van der Waals surface area contributed by atoms with Crippen LogP contribution in [0, 0.1) is 0 Å². The Hall–Kier alpha value is -1.55. The monoisotopic (exact) mass is 247 g/mol. The van der Waals surface area contributed by atoms with Crippen molar-refractivity contribution in [3.05, 3.63) is 24.3 Å². The molecule has 1 aliphatic rings. The van der Waals surface area contributed by atoms with E-state index in [9.17, 15) is 4.79 Å². The summed E-state index contributed by atoms with van der Waals surface area (Å²) in [7, 11) is 0. The lowest BCUT2D eigenvalue weighted by molar-refractivity contribution is -0.117. The van der Waals surface area contributed by atoms with Crippen molar-refractivity contribution in [2.75, 3.05) is 24.1 Å². The van der Waals surface area contributed by atoms with E-state index in [1.165, 1.54) is 12.8 Å². The number of nitrogens with zero attached hydrogens (tertiary/aromatic N) is 1. The van der Waals surface area contributed by atoms with Gasteiger partial charge >= 0.3 is 0 Å². The third kappa shape index (κ3) is 3.23. The Morgan fingerprint density at radius 3 is 2.83 bits per heavy atom. The second-order valence-electron chi connectivity index (χ2n) is 4.84. The molecule has 1 amide bonds. The molecule has 98 valence electrons. The number of benzene rings is 1. The van der Waals surface area contributed by atoms with Crippen molar-refractivity contribution in [1.82, 2.24) is 4.90 Å². The second-order valence-corrected chi connectivity index (χ2v) is 4.84. The molecule has 3 N–H and O–H groups in total. The molecule has 1 unspecified atom stereocenters. The van der Waals surface area contributed by atoms with E-state index in [2.05, 4.69) is 17.1 Å². The molecule has 0 aliphatic carbocycles. The van der Waals surface area contributed by atoms with E-state index in [-0.39, 0.29) is 5.91 Å². The number of hydrogen-bond acceptors (Lipinski definition) is 3. The van der Waals surface area contributed by atoms with Crippen LogP contribution in [0.5, 0.6) is 0 Å². The van der Waals surface area contributed by atoms with Gasteiger partial charge in [0.25, 0.3) is 0 Å². The van der Waals surface area contributed by atoms with Gasteiger partial charge < -0.3 is 11.1 Å². The van der Waals surface area contributed by atoms with Crippen LogP contribution in [0.4, 0.5) is 11.4 Å². The number of nitrogens with one attached hydrogen (secondary N) is 1. The van der Waals surface area contributed by atoms with Gasteiger partial charge in [0.05, 0.1) is 6.54 Å². The van der Waals surface area contributed by atoms with Gasteiger partial charge in [0.1, 0.15) is 0 Å². The normalized spacial score (nSPS) is 19.9. The number of rotatable bonds is 4. The first-order valence-corrected chi connectivity index (χ1v) is 6.58. The van der Waals surface area contributed by atoms with Gasteiger partial charge in [-0.25, -0.2) is 0 Å². The number of amides is 1. The Kier molecular flexibility index (Phi) is 4.20. The molecule has 1 heterocycles. The van der Waals surface area contributed by atoms with E-state index in [1.807, 2.05) is 12.1 Å². The molecule has 0 saturated carbocycles. The zero-order valence-corrected chi connectivity index (χ0v) is 10.9. The molecule has 0 spiro atoms. The van der Waals surface area contributed by atoms with Crippen LogP contribution in [-0.2, 0) is 4.79 Å². The maximum absolute atomic E-state index is 11.9. The van der Waals surface area contributed by atoms with Crippen molar-refractivity contribution in [3.8, 4) is 0 Å². The van der Waals surface area contributed by atoms with Gasteiger partial charge in [-0.1, -0.05) is 6.92 Å². The minimum atomic E-state index is 0.0557. The van der Waals surface area contributed by atoms with Crippen LogP contribution in [0.15, 0.2) is 24.3 Å². The summed E-state index contributed by atoms with van der Waals surface area (Å²) in [5, 5.41) is 2.90.